The van der Waals surface area contributed by atoms with Gasteiger partial charge in [-0.15, -0.1) is 0 Å². The zero-order valence-electron chi connectivity index (χ0n) is 21.0. The third-order valence-electron chi connectivity index (χ3n) is 5.98. The van der Waals surface area contributed by atoms with Crippen molar-refractivity contribution < 1.29 is 9.47 Å². The Morgan fingerprint density at radius 1 is 0.326 bits per heavy atom. The predicted octanol–water partition coefficient (Wildman–Crippen LogP) is 12.3. The first-order valence-electron chi connectivity index (χ1n) is 11.9. The summed E-state index contributed by atoms with van der Waals surface area (Å²) in [4.78, 5) is 0. The average molecular weight is 969 g/mol. The van der Waals surface area contributed by atoms with Gasteiger partial charge in [0.15, 0.2) is 0 Å². The van der Waals surface area contributed by atoms with Gasteiger partial charge in [0.2, 0.25) is 0 Å². The molecule has 0 unspecified atom stereocenters. The molecule has 2 nitrogen and oxygen atoms in total. The third-order valence-corrected chi connectivity index (χ3v) is 20.0. The van der Waals surface area contributed by atoms with Crippen molar-refractivity contribution in [2.45, 2.75) is 0 Å². The number of ether oxygens (including phenoxy) is 2. The van der Waals surface area contributed by atoms with Crippen LogP contribution in [-0.2, 0) is 0 Å². The molecule has 43 heavy (non-hydrogen) atoms. The summed E-state index contributed by atoms with van der Waals surface area (Å²) in [6.07, 6.45) is 0. The van der Waals surface area contributed by atoms with Crippen LogP contribution in [-0.4, -0.2) is 21.8 Å². The van der Waals surface area contributed by atoms with Crippen LogP contribution in [0.1, 0.15) is 0 Å². The van der Waals surface area contributed by atoms with Crippen molar-refractivity contribution >= 4 is 148 Å². The molecule has 0 N–H and O–H groups in total. The van der Waals surface area contributed by atoms with Crippen LogP contribution in [0, 0.1) is 0 Å². The number of rotatable bonds is 7. The third kappa shape index (κ3) is 7.09. The summed E-state index contributed by atoms with van der Waals surface area (Å²) in [6.45, 7) is 0. The number of halogens is 10. The molecule has 0 aliphatic carbocycles. The molecule has 0 saturated carbocycles. The normalized spacial score (nSPS) is 11.2. The van der Waals surface area contributed by atoms with E-state index in [4.69, 9.17) is 125 Å². The van der Waals surface area contributed by atoms with Crippen LogP contribution >= 0.6 is 116 Å². The van der Waals surface area contributed by atoms with Gasteiger partial charge in [-0.05, 0) is 0 Å². The molecule has 0 saturated heterocycles. The van der Waals surface area contributed by atoms with Crippen molar-refractivity contribution in [1.29, 1.82) is 0 Å². The van der Waals surface area contributed by atoms with E-state index in [1.165, 1.54) is 9.81 Å². The molecule has 0 aromatic heterocycles. The van der Waals surface area contributed by atoms with E-state index in [0.717, 1.165) is 0 Å². The van der Waals surface area contributed by atoms with Crippen molar-refractivity contribution in [3.8, 4) is 23.0 Å². The summed E-state index contributed by atoms with van der Waals surface area (Å²) in [5.74, 6) is 1.24. The van der Waals surface area contributed by atoms with E-state index in [-0.39, 0.29) is 61.7 Å². The Morgan fingerprint density at radius 3 is 0.930 bits per heavy atom. The van der Waals surface area contributed by atoms with Crippen LogP contribution in [0.25, 0.3) is 0 Å². The van der Waals surface area contributed by atoms with Gasteiger partial charge in [-0.2, -0.15) is 0 Å². The van der Waals surface area contributed by atoms with Gasteiger partial charge < -0.3 is 0 Å². The fourth-order valence-corrected chi connectivity index (χ4v) is 15.1. The first kappa shape index (κ1) is 33.8. The van der Waals surface area contributed by atoms with Crippen LogP contribution < -0.4 is 19.3 Å². The van der Waals surface area contributed by atoms with Gasteiger partial charge in [-0.25, -0.2) is 0 Å². The summed E-state index contributed by atoms with van der Waals surface area (Å²) in [5, 5.41) is 0.628. The van der Waals surface area contributed by atoms with Gasteiger partial charge in [0, 0.05) is 0 Å². The molecule has 0 atom stereocenters. The Morgan fingerprint density at radius 2 is 0.605 bits per heavy atom. The number of benzene rings is 5. The monoisotopic (exact) mass is 964 g/mol. The quantitative estimate of drug-likeness (QED) is 0.0919. The summed E-state index contributed by atoms with van der Waals surface area (Å²) in [7, 11) is 0. The molecule has 0 spiro atoms. The minimum absolute atomic E-state index is 0.0589. The van der Waals surface area contributed by atoms with Gasteiger partial charge in [0.1, 0.15) is 0 Å². The first-order valence-corrected chi connectivity index (χ1v) is 20.9. The van der Waals surface area contributed by atoms with Gasteiger partial charge in [-0.1, -0.05) is 0 Å². The molecule has 0 amide bonds. The van der Waals surface area contributed by atoms with E-state index < -0.39 is 21.8 Å². The Balaban J connectivity index is 1.46. The van der Waals surface area contributed by atoms with E-state index >= 15 is 0 Å². The fraction of sp³-hybridized carbons (Fsp3) is 0. The summed E-state index contributed by atoms with van der Waals surface area (Å²) in [5.41, 5.74) is 0. The Hall–Kier alpha value is -0.517. The zero-order chi connectivity index (χ0) is 31.0. The first-order chi connectivity index (χ1) is 20.5. The van der Waals surface area contributed by atoms with Crippen molar-refractivity contribution in [3.05, 3.63) is 129 Å². The van der Waals surface area contributed by atoms with E-state index in [2.05, 4.69) is 12.1 Å². The number of hydrogen-bond donors (Lipinski definition) is 0. The Labute approximate surface area is 305 Å². The second kappa shape index (κ2) is 14.5. The van der Waals surface area contributed by atoms with E-state index in [9.17, 15) is 0 Å². The van der Waals surface area contributed by atoms with Crippen molar-refractivity contribution in [2.24, 2.45) is 0 Å². The second-order valence-corrected chi connectivity index (χ2v) is 21.1. The topological polar surface area (TPSA) is 18.5 Å². The van der Waals surface area contributed by atoms with E-state index in [0.29, 0.717) is 11.5 Å². The van der Waals surface area contributed by atoms with Gasteiger partial charge >= 0.3 is 309 Å². The molecule has 0 heterocycles. The number of hydrogen-bond acceptors (Lipinski definition) is 2. The molecule has 0 aliphatic rings. The van der Waals surface area contributed by atoms with Crippen LogP contribution in [0.2, 0.25) is 50.2 Å². The van der Waals surface area contributed by atoms with Crippen molar-refractivity contribution in [2.75, 3.05) is 0 Å². The minimum atomic E-state index is -2.78. The van der Waals surface area contributed by atoms with Gasteiger partial charge in [0.05, 0.1) is 0 Å². The van der Waals surface area contributed by atoms with Crippen LogP contribution in [0.15, 0.2) is 78.9 Å². The average Bonchev–Trinajstić information content (AvgIpc) is 3.03. The standard InChI is InChI=1S/2C12H4Cl5O.C6H5.Bi/c2*13-7-8(14)10(16)12(11(17)9(7)15)18-6-4-2-1-3-5-6;1-2-4-6-5-3-1;/h2*2-5H;1-5H;. The predicted molar refractivity (Wildman–Crippen MR) is 187 cm³/mol. The molecule has 220 valence electrons. The SMILES string of the molecule is Clc1c(Cl)c(Cl)c(Oc2cc[c]([Bi]([c]3ccccc3)[c]3ccc(Oc4c(Cl)c(Cl)c(Cl)c(Cl)c4Cl)cc3)cc2)c(Cl)c1Cl. The molecular formula is C30H13BiCl10O2. The van der Waals surface area contributed by atoms with Crippen LogP contribution in [0.3, 0.4) is 0 Å². The Kier molecular flexibility index (Phi) is 11.4. The van der Waals surface area contributed by atoms with Gasteiger partial charge in [0.25, 0.3) is 0 Å². The molecule has 0 radical (unpaired) electrons. The van der Waals surface area contributed by atoms with E-state index in [1.807, 2.05) is 66.7 Å². The molecule has 13 heteroatoms. The van der Waals surface area contributed by atoms with Crippen LogP contribution in [0.4, 0.5) is 0 Å². The second-order valence-electron chi connectivity index (χ2n) is 8.66. The zero-order valence-corrected chi connectivity index (χ0v) is 32.1. The maximum absolute atomic E-state index is 6.35. The molecule has 0 bridgehead atoms. The summed E-state index contributed by atoms with van der Waals surface area (Å²) >= 11 is 59.6. The molecule has 0 aliphatic heterocycles. The molecule has 5 rings (SSSR count). The van der Waals surface area contributed by atoms with E-state index in [1.54, 1.807) is 0 Å². The summed E-state index contributed by atoms with van der Waals surface area (Å²) in [6, 6.07) is 25.8. The maximum atomic E-state index is 6.35. The molecular weight excluding hydrogens is 956 g/mol. The fourth-order valence-electron chi connectivity index (χ4n) is 3.94. The molecule has 5 aromatic carbocycles. The molecule has 5 aromatic rings. The molecule has 0 fully saturated rings. The van der Waals surface area contributed by atoms with Gasteiger partial charge in [-0.3, -0.25) is 0 Å². The summed E-state index contributed by atoms with van der Waals surface area (Å²) < 4.78 is 15.6. The van der Waals surface area contributed by atoms with Crippen LogP contribution in [0.5, 0.6) is 23.0 Å². The van der Waals surface area contributed by atoms with Crippen molar-refractivity contribution in [3.63, 3.8) is 0 Å². The Bertz CT molecular complexity index is 1640. The van der Waals surface area contributed by atoms with Crippen molar-refractivity contribution in [1.82, 2.24) is 0 Å².